The van der Waals surface area contributed by atoms with E-state index in [2.05, 4.69) is 22.5 Å². The summed E-state index contributed by atoms with van der Waals surface area (Å²) in [5.74, 6) is -7.93. The summed E-state index contributed by atoms with van der Waals surface area (Å²) < 4.78 is 16.8. The van der Waals surface area contributed by atoms with Crippen LogP contribution in [0.1, 0.15) is 54.0 Å². The van der Waals surface area contributed by atoms with E-state index in [1.54, 1.807) is 44.2 Å². The molecule has 18 nitrogen and oxygen atoms in total. The van der Waals surface area contributed by atoms with Crippen molar-refractivity contribution in [2.75, 3.05) is 28.3 Å². The van der Waals surface area contributed by atoms with Gasteiger partial charge in [0.15, 0.2) is 18.2 Å². The highest BCUT2D eigenvalue weighted by Crippen LogP contribution is 2.19. The second kappa shape index (κ2) is 20.5. The minimum Gasteiger partial charge on any atom is -0.458 e. The molecule has 1 aromatic carbocycles. The maximum Gasteiger partial charge on any atom is 0.333 e. The molecule has 1 saturated heterocycles. The molecular weight excluding hydrogens is 732 g/mol. The fraction of sp³-hybridized carbons (Fsp3) is 0.579. The largest absolute Gasteiger partial charge is 0.458 e. The molecule has 1 fully saturated rings. The van der Waals surface area contributed by atoms with Gasteiger partial charge in [0.1, 0.15) is 29.9 Å². The summed E-state index contributed by atoms with van der Waals surface area (Å²) in [6.07, 6.45) is -5.79. The van der Waals surface area contributed by atoms with Gasteiger partial charge in [0.05, 0.1) is 12.2 Å². The van der Waals surface area contributed by atoms with Gasteiger partial charge >= 0.3 is 11.9 Å². The molecule has 0 spiro atoms. The maximum atomic E-state index is 14.1. The van der Waals surface area contributed by atoms with Gasteiger partial charge in [-0.05, 0) is 39.2 Å². The minimum absolute atomic E-state index is 0.186. The van der Waals surface area contributed by atoms with E-state index in [4.69, 9.17) is 14.2 Å². The highest BCUT2D eigenvalue weighted by atomic mass is 16.6. The van der Waals surface area contributed by atoms with E-state index in [1.165, 1.54) is 55.9 Å². The minimum atomic E-state index is -1.68. The Kier molecular flexibility index (Phi) is 17.2. The molecule has 18 heteroatoms. The number of benzene rings is 1. The summed E-state index contributed by atoms with van der Waals surface area (Å²) in [4.78, 5) is 111. The normalized spacial score (nSPS) is 27.0. The Morgan fingerprint density at radius 3 is 2.02 bits per heavy atom. The van der Waals surface area contributed by atoms with E-state index in [0.29, 0.717) is 5.56 Å². The Balaban J connectivity index is 2.75. The number of hydrogen-bond donors (Lipinski definition) is 4. The molecule has 56 heavy (non-hydrogen) atoms. The average Bonchev–Trinajstić information content (AvgIpc) is 3.15. The fourth-order valence-electron chi connectivity index (χ4n) is 5.75. The lowest BCUT2D eigenvalue weighted by molar-refractivity contribution is -0.172. The molecule has 0 aromatic heterocycles. The number of aliphatic hydroxyl groups is 1. The summed E-state index contributed by atoms with van der Waals surface area (Å²) in [7, 11) is 5.01. The summed E-state index contributed by atoms with van der Waals surface area (Å²) in [6.45, 7) is 13.5. The van der Waals surface area contributed by atoms with Crippen LogP contribution in [0, 0.1) is 5.92 Å². The lowest BCUT2D eigenvalue weighted by Gasteiger charge is -2.37. The summed E-state index contributed by atoms with van der Waals surface area (Å²) in [5, 5.41) is 18.5. The first-order chi connectivity index (χ1) is 26.0. The van der Waals surface area contributed by atoms with Gasteiger partial charge < -0.3 is 50.0 Å². The number of aliphatic hydroxyl groups excluding tert-OH is 1. The van der Waals surface area contributed by atoms with Gasteiger partial charge in [-0.2, -0.15) is 0 Å². The van der Waals surface area contributed by atoms with Crippen molar-refractivity contribution in [1.82, 2.24) is 30.7 Å². The highest BCUT2D eigenvalue weighted by molar-refractivity contribution is 6.01. The molecule has 1 unspecified atom stereocenters. The number of likely N-dealkylation sites (N-methyl/N-ethyl adjacent to an activating group) is 3. The number of nitrogens with zero attached hydrogens (tertiary/aromatic N) is 3. The molecule has 6 amide bonds. The maximum absolute atomic E-state index is 14.1. The fourth-order valence-corrected chi connectivity index (χ4v) is 5.75. The number of carbonyl (C=O) groups is 8. The van der Waals surface area contributed by atoms with E-state index in [0.717, 1.165) is 21.6 Å². The van der Waals surface area contributed by atoms with Gasteiger partial charge in [-0.15, -0.1) is 0 Å². The molecule has 1 aliphatic rings. The molecule has 0 saturated carbocycles. The van der Waals surface area contributed by atoms with Crippen LogP contribution in [0.15, 0.2) is 42.6 Å². The van der Waals surface area contributed by atoms with Gasteiger partial charge in [0, 0.05) is 41.6 Å². The predicted octanol–water partition coefficient (Wildman–Crippen LogP) is -0.722. The van der Waals surface area contributed by atoms with Crippen molar-refractivity contribution >= 4 is 47.4 Å². The SMILES string of the molecule is C=C1C(=O)N[C@@H](C)C(=O)N(C)[C@@H](C)C(=O)N[C@@H]([C@H](O)C(C)C)C(=O)N(C)C([C@@H](C)OC)C(=O)O[C@H](C)[C@H](NC(C)=O)C(=O)O[C@H](Cc2ccccc2)C(=O)N1C. The zero-order valence-electron chi connectivity index (χ0n) is 33.9. The molecular formula is C38H56N6O12. The van der Waals surface area contributed by atoms with E-state index in [9.17, 15) is 43.5 Å². The van der Waals surface area contributed by atoms with Crippen LogP contribution in [0.25, 0.3) is 0 Å². The van der Waals surface area contributed by atoms with E-state index >= 15 is 0 Å². The number of nitrogens with one attached hydrogen (secondary N) is 3. The third-order valence-electron chi connectivity index (χ3n) is 9.62. The number of methoxy groups -OCH3 is 1. The lowest BCUT2D eigenvalue weighted by Crippen LogP contribution is -2.62. The quantitative estimate of drug-likeness (QED) is 0.198. The summed E-state index contributed by atoms with van der Waals surface area (Å²) in [6, 6.07) is 1.12. The molecule has 1 aliphatic heterocycles. The van der Waals surface area contributed by atoms with Crippen LogP contribution in [0.4, 0.5) is 0 Å². The van der Waals surface area contributed by atoms with Crippen LogP contribution < -0.4 is 16.0 Å². The number of amides is 6. The van der Waals surface area contributed by atoms with Crippen molar-refractivity contribution in [3.8, 4) is 0 Å². The van der Waals surface area contributed by atoms with Crippen molar-refractivity contribution in [3.63, 3.8) is 0 Å². The monoisotopic (exact) mass is 788 g/mol. The average molecular weight is 789 g/mol. The van der Waals surface area contributed by atoms with E-state index < -0.39 is 114 Å². The first-order valence-corrected chi connectivity index (χ1v) is 18.1. The summed E-state index contributed by atoms with van der Waals surface area (Å²) in [5.41, 5.74) is 0.135. The Labute approximate surface area is 327 Å². The number of ether oxygens (including phenoxy) is 3. The number of esters is 2. The second-order valence-electron chi connectivity index (χ2n) is 14.2. The molecule has 4 N–H and O–H groups in total. The first kappa shape index (κ1) is 46.8. The van der Waals surface area contributed by atoms with Crippen molar-refractivity contribution < 1.29 is 57.7 Å². The molecule has 1 heterocycles. The first-order valence-electron chi connectivity index (χ1n) is 18.1. The molecule has 2 rings (SSSR count). The smallest absolute Gasteiger partial charge is 0.333 e. The number of rotatable bonds is 7. The summed E-state index contributed by atoms with van der Waals surface area (Å²) >= 11 is 0. The standard InChI is InChI=1S/C38H56N6O12/c1-19(2)31(46)29-36(51)44(11)30(24(7)54-12)38(53)55-23(6)28(40-25(8)45)37(52)56-27(18-26-16-14-13-15-17-26)35(50)43(10)21(4)32(47)39-20(3)34(49)42(9)22(5)33(48)41-29/h13-17,19-20,22-24,27-31,46H,4,18H2,1-3,5-12H3,(H,39,47)(H,40,45)(H,41,48)/t20-,22-,23+,24+,27+,28-,29-,30?,31+/m0/s1. The Morgan fingerprint density at radius 1 is 0.893 bits per heavy atom. The van der Waals surface area contributed by atoms with Crippen LogP contribution in [0.2, 0.25) is 0 Å². The van der Waals surface area contributed by atoms with Gasteiger partial charge in [-0.25, -0.2) is 9.59 Å². The highest BCUT2D eigenvalue weighted by Gasteiger charge is 2.43. The van der Waals surface area contributed by atoms with E-state index in [1.807, 2.05) is 0 Å². The lowest BCUT2D eigenvalue weighted by atomic mass is 9.97. The van der Waals surface area contributed by atoms with Gasteiger partial charge in [0.2, 0.25) is 23.6 Å². The number of hydrogen-bond acceptors (Lipinski definition) is 12. The van der Waals surface area contributed by atoms with Gasteiger partial charge in [-0.1, -0.05) is 50.8 Å². The van der Waals surface area contributed by atoms with Crippen molar-refractivity contribution in [3.05, 3.63) is 48.2 Å². The van der Waals surface area contributed by atoms with Crippen LogP contribution in [-0.4, -0.2) is 150 Å². The topological polar surface area (TPSA) is 230 Å². The second-order valence-corrected chi connectivity index (χ2v) is 14.2. The van der Waals surface area contributed by atoms with E-state index in [-0.39, 0.29) is 6.42 Å². The van der Waals surface area contributed by atoms with Gasteiger partial charge in [-0.3, -0.25) is 28.8 Å². The van der Waals surface area contributed by atoms with Gasteiger partial charge in [0.25, 0.3) is 11.8 Å². The zero-order chi connectivity index (χ0) is 42.8. The third kappa shape index (κ3) is 11.8. The third-order valence-corrected chi connectivity index (χ3v) is 9.62. The Hall–Kier alpha value is -5.36. The Bertz CT molecular complexity index is 1640. The molecule has 1 aromatic rings. The van der Waals surface area contributed by atoms with Crippen LogP contribution in [-0.2, 0) is 59.0 Å². The molecule has 0 aliphatic carbocycles. The van der Waals surface area contributed by atoms with Crippen molar-refractivity contribution in [2.45, 2.75) is 110 Å². The van der Waals surface area contributed by atoms with Crippen molar-refractivity contribution in [2.24, 2.45) is 5.92 Å². The van der Waals surface area contributed by atoms with Crippen LogP contribution in [0.5, 0.6) is 0 Å². The van der Waals surface area contributed by atoms with Crippen LogP contribution >= 0.6 is 0 Å². The predicted molar refractivity (Wildman–Crippen MR) is 201 cm³/mol. The molecule has 0 radical (unpaired) electrons. The number of cyclic esters (lactones) is 2. The molecule has 0 bridgehead atoms. The Morgan fingerprint density at radius 2 is 1.48 bits per heavy atom. The number of carbonyl (C=O) groups excluding carboxylic acids is 8. The molecule has 310 valence electrons. The zero-order valence-corrected chi connectivity index (χ0v) is 33.9. The van der Waals surface area contributed by atoms with Crippen molar-refractivity contribution in [1.29, 1.82) is 0 Å². The van der Waals surface area contributed by atoms with Crippen LogP contribution in [0.3, 0.4) is 0 Å². The molecule has 9 atom stereocenters.